The number of aliphatic hydroxyl groups is 3. The Morgan fingerprint density at radius 2 is 1.49 bits per heavy atom. The summed E-state index contributed by atoms with van der Waals surface area (Å²) in [6.45, 7) is -2.03. The first-order chi connectivity index (χ1) is 24.7. The van der Waals surface area contributed by atoms with Crippen molar-refractivity contribution in [1.29, 1.82) is 0 Å². The fourth-order valence-electron chi connectivity index (χ4n) is 5.71. The van der Waals surface area contributed by atoms with Crippen LogP contribution in [0.15, 0.2) is 22.2 Å². The van der Waals surface area contributed by atoms with Crippen LogP contribution >= 0.6 is 23.5 Å². The number of aryl methyl sites for hydroxylation is 1. The predicted molar refractivity (Wildman–Crippen MR) is 169 cm³/mol. The highest BCUT2D eigenvalue weighted by molar-refractivity contribution is 7.66. The van der Waals surface area contributed by atoms with Crippen LogP contribution in [-0.2, 0) is 52.6 Å². The molecule has 53 heavy (non-hydrogen) atoms. The van der Waals surface area contributed by atoms with Gasteiger partial charge in [-0.1, -0.05) is 4.98 Å². The summed E-state index contributed by atoms with van der Waals surface area (Å²) in [7, 11) is -14.6. The molecule has 31 heteroatoms. The summed E-state index contributed by atoms with van der Waals surface area (Å²) in [6.07, 6.45) is -9.74. The van der Waals surface area contributed by atoms with E-state index in [0.717, 1.165) is 18.0 Å². The molecular weight excluding hydrogens is 785 g/mol. The normalized spacial score (nSPS) is 29.7. The molecule has 5 unspecified atom stereocenters. The number of methoxy groups -OCH3 is 1. The summed E-state index contributed by atoms with van der Waals surface area (Å²) in [4.78, 5) is 71.0. The maximum atomic E-state index is 12.6. The Labute approximate surface area is 293 Å². The summed E-state index contributed by atoms with van der Waals surface area (Å²) < 4.78 is 75.3. The van der Waals surface area contributed by atoms with Crippen LogP contribution in [0.2, 0.25) is 0 Å². The Hall–Kier alpha value is -3.53. The minimum atomic E-state index is -5.98. The molecule has 0 aromatic carbocycles. The van der Waals surface area contributed by atoms with Gasteiger partial charge < -0.3 is 55.7 Å². The molecule has 2 aliphatic heterocycles. The van der Waals surface area contributed by atoms with E-state index in [2.05, 4.69) is 38.1 Å². The van der Waals surface area contributed by atoms with Crippen LogP contribution in [0.3, 0.4) is 0 Å². The summed E-state index contributed by atoms with van der Waals surface area (Å²) >= 11 is 0. The third kappa shape index (κ3) is 7.85. The zero-order valence-corrected chi connectivity index (χ0v) is 29.6. The number of hydrogen-bond donors (Lipinski definition) is 10. The van der Waals surface area contributed by atoms with E-state index >= 15 is 0 Å². The lowest BCUT2D eigenvalue weighted by Crippen LogP contribution is -2.46. The lowest BCUT2D eigenvalue weighted by Gasteiger charge is -2.21. The molecule has 0 bridgehead atoms. The van der Waals surface area contributed by atoms with Gasteiger partial charge in [-0.3, -0.25) is 37.7 Å². The van der Waals surface area contributed by atoms with Crippen LogP contribution in [0.1, 0.15) is 12.5 Å². The van der Waals surface area contributed by atoms with Crippen LogP contribution in [0.5, 0.6) is 0 Å². The first-order valence-electron chi connectivity index (χ1n) is 14.8. The number of anilines is 2. The minimum absolute atomic E-state index is 0.00284. The molecule has 292 valence electrons. The number of nitrogens with two attached hydrogens (primary N) is 2. The standard InChI is InChI=1S/C22H31N10O18P3/c1-30-6-32(16-10(30)18(37)29-22(24)27-16)20-13(35)14(44-2)8(48-20)4-46-52(40,41)50-53(42,43)49-51(38,39)45-3-7-11(33)12(34)19(47-7)31-5-25-9-15(31)26-21(23)28-17(9)36/h5-8,11-14,19-20,33-35H,3-4H2,1-2H3,(H8-,23,24,26,27,28,29,36,37,38,39,40,41,42,43)/p+1/t7-,8-,11?,12+,13+,14?,19-,20-/m1/s1. The van der Waals surface area contributed by atoms with E-state index in [0.29, 0.717) is 0 Å². The van der Waals surface area contributed by atoms with Crippen molar-refractivity contribution in [3.8, 4) is 0 Å². The maximum absolute atomic E-state index is 12.6. The van der Waals surface area contributed by atoms with Gasteiger partial charge in [-0.2, -0.15) is 13.6 Å². The Kier molecular flexibility index (Phi) is 10.6. The van der Waals surface area contributed by atoms with Gasteiger partial charge in [0, 0.05) is 7.11 Å². The number of aromatic nitrogens is 8. The van der Waals surface area contributed by atoms with Gasteiger partial charge in [-0.15, -0.1) is 0 Å². The highest BCUT2D eigenvalue weighted by Gasteiger charge is 2.51. The van der Waals surface area contributed by atoms with Crippen LogP contribution in [-0.4, -0.2) is 121 Å². The van der Waals surface area contributed by atoms with E-state index in [1.165, 1.54) is 22.5 Å². The number of H-pyrrole nitrogens is 2. The number of rotatable bonds is 13. The van der Waals surface area contributed by atoms with Gasteiger partial charge in [0.25, 0.3) is 17.1 Å². The number of phosphoric ester groups is 2. The second-order valence-corrected chi connectivity index (χ2v) is 16.1. The summed E-state index contributed by atoms with van der Waals surface area (Å²) in [5.41, 5.74) is 9.60. The van der Waals surface area contributed by atoms with Crippen molar-refractivity contribution < 1.29 is 80.1 Å². The Bertz CT molecular complexity index is 2300. The molecule has 2 saturated heterocycles. The molecule has 12 N–H and O–H groups in total. The quantitative estimate of drug-likeness (QED) is 0.0455. The number of nitrogens with one attached hydrogen (secondary N) is 2. The summed E-state index contributed by atoms with van der Waals surface area (Å²) in [6, 6.07) is 0. The number of aliphatic hydroxyl groups excluding tert-OH is 3. The third-order valence-corrected chi connectivity index (χ3v) is 12.2. The van der Waals surface area contributed by atoms with Crippen molar-refractivity contribution >= 4 is 57.7 Å². The number of hydrogen-bond acceptors (Lipinski definition) is 20. The molecule has 11 atom stereocenters. The van der Waals surface area contributed by atoms with Crippen LogP contribution in [0, 0.1) is 0 Å². The number of aromatic amines is 2. The number of ether oxygens (including phenoxy) is 3. The van der Waals surface area contributed by atoms with Gasteiger partial charge in [0.2, 0.25) is 17.7 Å². The van der Waals surface area contributed by atoms with Gasteiger partial charge >= 0.3 is 29.1 Å². The topological polar surface area (TPSA) is 407 Å². The molecule has 6 heterocycles. The lowest BCUT2D eigenvalue weighted by atomic mass is 10.1. The van der Waals surface area contributed by atoms with Gasteiger partial charge in [0.1, 0.15) is 36.6 Å². The van der Waals surface area contributed by atoms with E-state index < -0.39 is 96.9 Å². The molecule has 0 amide bonds. The largest absolute Gasteiger partial charge is 0.490 e. The van der Waals surface area contributed by atoms with Crippen molar-refractivity contribution in [1.82, 2.24) is 34.1 Å². The molecule has 6 rings (SSSR count). The second-order valence-electron chi connectivity index (χ2n) is 11.5. The molecule has 4 aromatic rings. The van der Waals surface area contributed by atoms with Gasteiger partial charge in [0.15, 0.2) is 23.7 Å². The Balaban J connectivity index is 1.06. The molecular formula is C22H32N10O18P3+. The average molecular weight is 817 g/mol. The molecule has 2 fully saturated rings. The number of nitrogens with zero attached hydrogens (tertiary/aromatic N) is 6. The smallest absolute Gasteiger partial charge is 0.387 e. The first-order valence-corrected chi connectivity index (χ1v) is 19.3. The van der Waals surface area contributed by atoms with Crippen molar-refractivity contribution in [2.45, 2.75) is 49.1 Å². The van der Waals surface area contributed by atoms with Crippen molar-refractivity contribution in [2.75, 3.05) is 31.8 Å². The summed E-state index contributed by atoms with van der Waals surface area (Å²) in [5.74, 6) is -0.549. The minimum Gasteiger partial charge on any atom is -0.387 e. The van der Waals surface area contributed by atoms with Crippen LogP contribution in [0.25, 0.3) is 22.3 Å². The highest BCUT2D eigenvalue weighted by Crippen LogP contribution is 2.67. The zero-order valence-electron chi connectivity index (χ0n) is 26.9. The molecule has 28 nitrogen and oxygen atoms in total. The molecule has 2 aliphatic rings. The van der Waals surface area contributed by atoms with E-state index in [1.54, 1.807) is 0 Å². The van der Waals surface area contributed by atoms with E-state index in [9.17, 15) is 53.3 Å². The third-order valence-electron chi connectivity index (χ3n) is 7.92. The van der Waals surface area contributed by atoms with Gasteiger partial charge in [-0.05, 0) is 0 Å². The fourth-order valence-corrected chi connectivity index (χ4v) is 9.24. The van der Waals surface area contributed by atoms with E-state index in [1.807, 2.05) is 0 Å². The summed E-state index contributed by atoms with van der Waals surface area (Å²) in [5, 5.41) is 31.9. The number of phosphoric acid groups is 3. The molecule has 4 aromatic heterocycles. The fraction of sp³-hybridized carbons (Fsp3) is 0.545. The first kappa shape index (κ1) is 39.2. The average Bonchev–Trinajstić information content (AvgIpc) is 3.76. The molecule has 0 spiro atoms. The van der Waals surface area contributed by atoms with Crippen LogP contribution in [0.4, 0.5) is 11.9 Å². The molecule has 0 radical (unpaired) electrons. The Morgan fingerprint density at radius 3 is 2.13 bits per heavy atom. The Morgan fingerprint density at radius 1 is 0.887 bits per heavy atom. The SMILES string of the molecule is COC1[C@@H](COP(=O)(O)OP(=O)(O)OP(=O)(O)OC[C@H]2O[C@@H](n3cnc4c(=O)[nH]c(N)nc43)[C@@H](O)C2O)O[C@@H]([n+]2cn(C)c3c(=O)[nH]c(N)nc32)[C@H]1O. The van der Waals surface area contributed by atoms with Crippen molar-refractivity contribution in [3.63, 3.8) is 0 Å². The van der Waals surface area contributed by atoms with Crippen LogP contribution < -0.4 is 27.2 Å². The van der Waals surface area contributed by atoms with Crippen molar-refractivity contribution in [2.24, 2.45) is 7.05 Å². The van der Waals surface area contributed by atoms with Gasteiger partial charge in [-0.25, -0.2) is 23.2 Å². The number of nitrogen functional groups attached to an aromatic ring is 2. The monoisotopic (exact) mass is 817 g/mol. The van der Waals surface area contributed by atoms with Crippen molar-refractivity contribution in [3.05, 3.63) is 33.4 Å². The second kappa shape index (κ2) is 14.3. The maximum Gasteiger partial charge on any atom is 0.490 e. The number of imidazole rings is 2. The predicted octanol–water partition coefficient (Wildman–Crippen LogP) is -3.89. The van der Waals surface area contributed by atoms with E-state index in [4.69, 9.17) is 30.2 Å². The van der Waals surface area contributed by atoms with E-state index in [-0.39, 0.29) is 34.2 Å². The molecule has 0 saturated carbocycles. The zero-order chi connectivity index (χ0) is 38.8. The highest BCUT2D eigenvalue weighted by atomic mass is 31.3. The lowest BCUT2D eigenvalue weighted by molar-refractivity contribution is -0.745. The van der Waals surface area contributed by atoms with Gasteiger partial charge in [0.05, 0.1) is 26.6 Å². The molecule has 0 aliphatic carbocycles. The number of fused-ring (bicyclic) bond motifs is 2.